The lowest BCUT2D eigenvalue weighted by Crippen LogP contribution is -2.31. The van der Waals surface area contributed by atoms with Gasteiger partial charge in [0, 0.05) is 11.0 Å². The number of hydrogen-bond acceptors (Lipinski definition) is 4. The summed E-state index contributed by atoms with van der Waals surface area (Å²) in [5, 5.41) is 18.7. The molecule has 0 unspecified atom stereocenters. The Labute approximate surface area is 126 Å². The van der Waals surface area contributed by atoms with Gasteiger partial charge in [-0.25, -0.2) is 4.39 Å². The van der Waals surface area contributed by atoms with Crippen LogP contribution >= 0.6 is 11.6 Å². The number of benzene rings is 2. The Morgan fingerprint density at radius 1 is 1.24 bits per heavy atom. The van der Waals surface area contributed by atoms with E-state index in [0.29, 0.717) is 11.3 Å². The summed E-state index contributed by atoms with van der Waals surface area (Å²) in [6.45, 7) is 0.00262. The van der Waals surface area contributed by atoms with E-state index in [0.717, 1.165) is 0 Å². The molecule has 7 heteroatoms. The largest absolute Gasteiger partial charge is 0.497 e. The van der Waals surface area contributed by atoms with E-state index < -0.39 is 12.9 Å². The van der Waals surface area contributed by atoms with Crippen LogP contribution in [0.4, 0.5) is 4.39 Å². The maximum Gasteiger partial charge on any atom is 0.492 e. The monoisotopic (exact) mass is 310 g/mol. The van der Waals surface area contributed by atoms with Crippen molar-refractivity contribution < 1.29 is 23.9 Å². The summed E-state index contributed by atoms with van der Waals surface area (Å²) in [6, 6.07) is 9.02. The third-order valence-corrected chi connectivity index (χ3v) is 3.33. The molecule has 0 atom stereocenters. The molecular weight excluding hydrogens is 297 g/mol. The highest BCUT2D eigenvalue weighted by atomic mass is 35.5. The molecule has 2 aromatic rings. The van der Waals surface area contributed by atoms with E-state index in [1.54, 1.807) is 18.2 Å². The zero-order valence-corrected chi connectivity index (χ0v) is 12.0. The van der Waals surface area contributed by atoms with E-state index in [-0.39, 0.29) is 22.8 Å². The van der Waals surface area contributed by atoms with Crippen LogP contribution in [0.5, 0.6) is 11.5 Å². The molecule has 0 aromatic heterocycles. The van der Waals surface area contributed by atoms with Gasteiger partial charge < -0.3 is 19.5 Å². The van der Waals surface area contributed by atoms with Gasteiger partial charge >= 0.3 is 7.12 Å². The molecule has 0 spiro atoms. The van der Waals surface area contributed by atoms with Crippen molar-refractivity contribution in [1.29, 1.82) is 0 Å². The Hall–Kier alpha value is -1.76. The van der Waals surface area contributed by atoms with Crippen molar-refractivity contribution >= 4 is 24.2 Å². The Kier molecular flexibility index (Phi) is 5.06. The Balaban J connectivity index is 2.21. The minimum absolute atomic E-state index is 0.00262. The third kappa shape index (κ3) is 3.67. The zero-order chi connectivity index (χ0) is 15.4. The summed E-state index contributed by atoms with van der Waals surface area (Å²) in [4.78, 5) is 0. The highest BCUT2D eigenvalue weighted by Gasteiger charge is 2.18. The lowest BCUT2D eigenvalue weighted by molar-refractivity contribution is 0.305. The van der Waals surface area contributed by atoms with Gasteiger partial charge in [0.15, 0.2) is 0 Å². The van der Waals surface area contributed by atoms with Crippen molar-refractivity contribution in [3.63, 3.8) is 0 Å². The number of methoxy groups -OCH3 is 1. The van der Waals surface area contributed by atoms with E-state index in [4.69, 9.17) is 21.1 Å². The lowest BCUT2D eigenvalue weighted by Gasteiger charge is -2.13. The minimum atomic E-state index is -1.71. The average molecular weight is 311 g/mol. The van der Waals surface area contributed by atoms with Crippen LogP contribution < -0.4 is 14.9 Å². The molecular formula is C14H13BClFO4. The van der Waals surface area contributed by atoms with E-state index in [2.05, 4.69) is 0 Å². The third-order valence-electron chi connectivity index (χ3n) is 2.91. The molecule has 2 rings (SSSR count). The number of halogens is 2. The molecule has 0 amide bonds. The van der Waals surface area contributed by atoms with Gasteiger partial charge in [-0.2, -0.15) is 0 Å². The molecule has 0 fully saturated rings. The first-order valence-corrected chi connectivity index (χ1v) is 6.50. The molecule has 0 saturated carbocycles. The minimum Gasteiger partial charge on any atom is -0.497 e. The van der Waals surface area contributed by atoms with Crippen molar-refractivity contribution in [1.82, 2.24) is 0 Å². The predicted molar refractivity (Wildman–Crippen MR) is 78.6 cm³/mol. The summed E-state index contributed by atoms with van der Waals surface area (Å²) in [6.07, 6.45) is 0. The molecule has 0 radical (unpaired) electrons. The smallest absolute Gasteiger partial charge is 0.492 e. The second-order valence-corrected chi connectivity index (χ2v) is 4.66. The topological polar surface area (TPSA) is 58.9 Å². The van der Waals surface area contributed by atoms with Gasteiger partial charge in [0.1, 0.15) is 23.9 Å². The van der Waals surface area contributed by atoms with Crippen molar-refractivity contribution in [2.45, 2.75) is 6.61 Å². The molecule has 0 heterocycles. The first-order chi connectivity index (χ1) is 10.0. The van der Waals surface area contributed by atoms with Crippen molar-refractivity contribution in [3.8, 4) is 11.5 Å². The molecule has 0 bridgehead atoms. The quantitative estimate of drug-likeness (QED) is 0.826. The normalized spacial score (nSPS) is 10.3. The maximum atomic E-state index is 13.3. The van der Waals surface area contributed by atoms with Gasteiger partial charge in [-0.1, -0.05) is 23.7 Å². The maximum absolute atomic E-state index is 13.3. The molecule has 21 heavy (non-hydrogen) atoms. The van der Waals surface area contributed by atoms with E-state index in [9.17, 15) is 14.4 Å². The second-order valence-electron chi connectivity index (χ2n) is 4.28. The van der Waals surface area contributed by atoms with Crippen LogP contribution in [-0.2, 0) is 6.61 Å². The standard InChI is InChI=1S/C14H13BClFO4/c1-20-10-5-6-13(11(7-10)15(18)19)21-8-9-3-2-4-12(17)14(9)16/h2-7,18-19H,8H2,1H3. The predicted octanol–water partition coefficient (Wildman–Crippen LogP) is 1.75. The van der Waals surface area contributed by atoms with Crippen molar-refractivity contribution in [2.75, 3.05) is 7.11 Å². The van der Waals surface area contributed by atoms with Crippen LogP contribution in [-0.4, -0.2) is 24.3 Å². The molecule has 2 aromatic carbocycles. The van der Waals surface area contributed by atoms with Gasteiger partial charge in [-0.15, -0.1) is 0 Å². The van der Waals surface area contributed by atoms with Crippen LogP contribution in [0, 0.1) is 5.82 Å². The van der Waals surface area contributed by atoms with Gasteiger partial charge in [-0.05, 0) is 24.3 Å². The van der Waals surface area contributed by atoms with Gasteiger partial charge in [0.2, 0.25) is 0 Å². The Morgan fingerprint density at radius 2 is 2.00 bits per heavy atom. The fraction of sp³-hybridized carbons (Fsp3) is 0.143. The molecule has 0 aliphatic carbocycles. The Bertz CT molecular complexity index is 636. The summed E-state index contributed by atoms with van der Waals surface area (Å²) >= 11 is 5.84. The second kappa shape index (κ2) is 6.80. The van der Waals surface area contributed by atoms with Gasteiger partial charge in [-0.3, -0.25) is 0 Å². The number of ether oxygens (including phenoxy) is 2. The molecule has 0 aliphatic heterocycles. The molecule has 0 aliphatic rings. The van der Waals surface area contributed by atoms with E-state index in [1.807, 2.05) is 0 Å². The molecule has 110 valence electrons. The lowest BCUT2D eigenvalue weighted by atomic mass is 9.79. The number of rotatable bonds is 5. The van der Waals surface area contributed by atoms with Gasteiger partial charge in [0.25, 0.3) is 0 Å². The van der Waals surface area contributed by atoms with Crippen molar-refractivity contribution in [2.24, 2.45) is 0 Å². The highest BCUT2D eigenvalue weighted by Crippen LogP contribution is 2.22. The van der Waals surface area contributed by atoms with Crippen molar-refractivity contribution in [3.05, 3.63) is 52.8 Å². The summed E-state index contributed by atoms with van der Waals surface area (Å²) in [5.41, 5.74) is 0.618. The van der Waals surface area contributed by atoms with Crippen LogP contribution in [0.3, 0.4) is 0 Å². The van der Waals surface area contributed by atoms with Crippen LogP contribution in [0.25, 0.3) is 0 Å². The van der Waals surface area contributed by atoms with Crippen LogP contribution in [0.2, 0.25) is 5.02 Å². The average Bonchev–Trinajstić information content (AvgIpc) is 2.48. The number of hydrogen-bond donors (Lipinski definition) is 2. The Morgan fingerprint density at radius 3 is 2.67 bits per heavy atom. The first kappa shape index (κ1) is 15.6. The zero-order valence-electron chi connectivity index (χ0n) is 11.2. The fourth-order valence-electron chi connectivity index (χ4n) is 1.80. The molecule has 0 saturated heterocycles. The van der Waals surface area contributed by atoms with Crippen LogP contribution in [0.15, 0.2) is 36.4 Å². The molecule has 2 N–H and O–H groups in total. The highest BCUT2D eigenvalue weighted by molar-refractivity contribution is 6.59. The van der Waals surface area contributed by atoms with Gasteiger partial charge in [0.05, 0.1) is 12.1 Å². The summed E-state index contributed by atoms with van der Waals surface area (Å²) in [5.74, 6) is 0.190. The summed E-state index contributed by atoms with van der Waals surface area (Å²) in [7, 11) is -0.242. The summed E-state index contributed by atoms with van der Waals surface area (Å²) < 4.78 is 23.8. The first-order valence-electron chi connectivity index (χ1n) is 6.12. The van der Waals surface area contributed by atoms with E-state index in [1.165, 1.54) is 25.3 Å². The van der Waals surface area contributed by atoms with E-state index >= 15 is 0 Å². The fourth-order valence-corrected chi connectivity index (χ4v) is 1.98. The SMILES string of the molecule is COc1ccc(OCc2cccc(F)c2Cl)c(B(O)O)c1. The van der Waals surface area contributed by atoms with Crippen LogP contribution in [0.1, 0.15) is 5.56 Å². The molecule has 4 nitrogen and oxygen atoms in total.